The van der Waals surface area contributed by atoms with Crippen molar-refractivity contribution in [1.29, 1.82) is 0 Å². The van der Waals surface area contributed by atoms with Gasteiger partial charge in [-0.3, -0.25) is 4.79 Å². The number of hydrogen-bond acceptors (Lipinski definition) is 2. The van der Waals surface area contributed by atoms with Gasteiger partial charge in [-0.05, 0) is 25.4 Å². The highest BCUT2D eigenvalue weighted by molar-refractivity contribution is 6.23. The Hall–Kier alpha value is -0.380. The maximum Gasteiger partial charge on any atom is 0.362 e. The third kappa shape index (κ3) is 3.01. The van der Waals surface area contributed by atoms with Crippen LogP contribution in [0.5, 0.6) is 0 Å². The Morgan fingerprint density at radius 1 is 1.45 bits per heavy atom. The van der Waals surface area contributed by atoms with Gasteiger partial charge in [0, 0.05) is 6.92 Å². The van der Waals surface area contributed by atoms with Gasteiger partial charge < -0.3 is 4.74 Å². The fourth-order valence-electron chi connectivity index (χ4n) is 0.302. The van der Waals surface area contributed by atoms with Crippen molar-refractivity contribution in [3.63, 3.8) is 0 Å². The van der Waals surface area contributed by atoms with Crippen molar-refractivity contribution < 1.29 is 18.3 Å². The van der Waals surface area contributed by atoms with Crippen LogP contribution < -0.4 is 0 Å². The highest BCUT2D eigenvalue weighted by Crippen LogP contribution is 2.35. The van der Waals surface area contributed by atoms with Gasteiger partial charge in [0.1, 0.15) is 0 Å². The average Bonchev–Trinajstić information content (AvgIpc) is 1.56. The zero-order valence-corrected chi connectivity index (χ0v) is 7.21. The second kappa shape index (κ2) is 2.93. The monoisotopic (exact) mass is 186 g/mol. The Bertz CT molecular complexity index is 162. The van der Waals surface area contributed by atoms with E-state index in [0.29, 0.717) is 0 Å². The molecule has 0 amide bonds. The molecule has 11 heavy (non-hydrogen) atoms. The van der Waals surface area contributed by atoms with Crippen LogP contribution >= 0.6 is 11.6 Å². The third-order valence-corrected chi connectivity index (χ3v) is 1.49. The van der Waals surface area contributed by atoms with Crippen molar-refractivity contribution in [2.24, 2.45) is 0 Å². The van der Waals surface area contributed by atoms with E-state index in [-0.39, 0.29) is 0 Å². The maximum absolute atomic E-state index is 12.8. The van der Waals surface area contributed by atoms with Gasteiger partial charge in [-0.25, -0.2) is 4.39 Å². The topological polar surface area (TPSA) is 26.3 Å². The normalized spacial score (nSPS) is 17.3. The Balaban J connectivity index is 4.34. The second-order valence-electron chi connectivity index (χ2n) is 2.58. The first-order valence-corrected chi connectivity index (χ1v) is 3.31. The van der Waals surface area contributed by atoms with Crippen molar-refractivity contribution in [2.75, 3.05) is 0 Å². The third-order valence-electron chi connectivity index (χ3n) is 0.964. The highest BCUT2D eigenvalue weighted by Gasteiger charge is 2.48. The number of carbonyl (C=O) groups excluding carboxylic acids is 1. The smallest absolute Gasteiger partial charge is 0.362 e. The molecule has 0 aromatic carbocycles. The molecule has 0 heterocycles. The van der Waals surface area contributed by atoms with Crippen LogP contribution in [0.1, 0.15) is 20.8 Å². The van der Waals surface area contributed by atoms with Gasteiger partial charge in [0.2, 0.25) is 0 Å². The van der Waals surface area contributed by atoms with Crippen molar-refractivity contribution in [3.8, 4) is 0 Å². The van der Waals surface area contributed by atoms with Gasteiger partial charge in [0.25, 0.3) is 0 Å². The summed E-state index contributed by atoms with van der Waals surface area (Å²) in [6.07, 6.45) is 0. The van der Waals surface area contributed by atoms with Crippen molar-refractivity contribution in [2.45, 2.75) is 31.8 Å². The standard InChI is InChI=1S/C6H9ClF2O2/c1-4(10)11-6(7,9)5(2,3)8/h1-3H3. The first-order valence-electron chi connectivity index (χ1n) is 2.93. The molecule has 1 unspecified atom stereocenters. The molecule has 1 atom stereocenters. The fraction of sp³-hybridized carbons (Fsp3) is 0.833. The maximum atomic E-state index is 12.8. The van der Waals surface area contributed by atoms with E-state index in [9.17, 15) is 13.6 Å². The Morgan fingerprint density at radius 3 is 1.91 bits per heavy atom. The minimum absolute atomic E-state index is 0.878. The summed E-state index contributed by atoms with van der Waals surface area (Å²) in [4.78, 5) is 10.2. The number of hydrogen-bond donors (Lipinski definition) is 0. The van der Waals surface area contributed by atoms with Gasteiger partial charge in [0.15, 0.2) is 5.67 Å². The van der Waals surface area contributed by atoms with Gasteiger partial charge in [-0.15, -0.1) is 0 Å². The summed E-state index contributed by atoms with van der Waals surface area (Å²) in [6, 6.07) is 0. The van der Waals surface area contributed by atoms with Crippen LogP contribution in [0.4, 0.5) is 8.78 Å². The van der Waals surface area contributed by atoms with Crippen molar-refractivity contribution in [3.05, 3.63) is 0 Å². The van der Waals surface area contributed by atoms with E-state index in [4.69, 9.17) is 11.6 Å². The van der Waals surface area contributed by atoms with Gasteiger partial charge in [0.05, 0.1) is 0 Å². The first-order chi connectivity index (χ1) is 4.67. The van der Waals surface area contributed by atoms with Crippen LogP contribution in [0.25, 0.3) is 0 Å². The molecule has 0 aliphatic carbocycles. The summed E-state index contributed by atoms with van der Waals surface area (Å²) in [5.74, 6) is -0.965. The van der Waals surface area contributed by atoms with E-state index in [1.54, 1.807) is 0 Å². The SMILES string of the molecule is CC(=O)OC(F)(Cl)C(C)(C)F. The Kier molecular flexibility index (Phi) is 2.83. The highest BCUT2D eigenvalue weighted by atomic mass is 35.5. The molecule has 0 radical (unpaired) electrons. The fourth-order valence-corrected chi connectivity index (χ4v) is 0.411. The number of alkyl halides is 3. The summed E-state index contributed by atoms with van der Waals surface area (Å²) in [6.45, 7) is 2.70. The first kappa shape index (κ1) is 10.6. The largest absolute Gasteiger partial charge is 0.412 e. The molecule has 0 spiro atoms. The Labute approximate surface area is 68.5 Å². The summed E-state index contributed by atoms with van der Waals surface area (Å²) < 4.78 is 29.4. The summed E-state index contributed by atoms with van der Waals surface area (Å²) >= 11 is 4.92. The molecule has 66 valence electrons. The van der Waals surface area contributed by atoms with E-state index in [2.05, 4.69) is 4.74 Å². The number of halogens is 3. The molecule has 5 heteroatoms. The molecule has 0 bridgehead atoms. The molecule has 0 aliphatic heterocycles. The molecule has 0 aromatic heterocycles. The molecular weight excluding hydrogens is 178 g/mol. The van der Waals surface area contributed by atoms with E-state index >= 15 is 0 Å². The number of esters is 1. The predicted molar refractivity (Wildman–Crippen MR) is 36.6 cm³/mol. The lowest BCUT2D eigenvalue weighted by Gasteiger charge is -2.26. The zero-order valence-electron chi connectivity index (χ0n) is 6.45. The van der Waals surface area contributed by atoms with E-state index in [0.717, 1.165) is 20.8 Å². The number of rotatable bonds is 2. The van der Waals surface area contributed by atoms with E-state index in [1.807, 2.05) is 0 Å². The molecule has 0 N–H and O–H groups in total. The molecular formula is C6H9ClF2O2. The summed E-state index contributed by atoms with van der Waals surface area (Å²) in [5, 5.41) is -3.08. The van der Waals surface area contributed by atoms with Crippen LogP contribution in [0.15, 0.2) is 0 Å². The second-order valence-corrected chi connectivity index (χ2v) is 3.07. The predicted octanol–water partition coefficient (Wildman–Crippen LogP) is 2.16. The van der Waals surface area contributed by atoms with Crippen LogP contribution in [0, 0.1) is 0 Å². The van der Waals surface area contributed by atoms with E-state index < -0.39 is 17.0 Å². The minimum Gasteiger partial charge on any atom is -0.412 e. The number of carbonyl (C=O) groups is 1. The van der Waals surface area contributed by atoms with Crippen LogP contribution in [-0.2, 0) is 9.53 Å². The Morgan fingerprint density at radius 2 is 1.82 bits per heavy atom. The molecule has 0 saturated heterocycles. The molecule has 0 fully saturated rings. The molecule has 0 saturated carbocycles. The van der Waals surface area contributed by atoms with Gasteiger partial charge >= 0.3 is 11.3 Å². The zero-order chi connectivity index (χ0) is 9.28. The van der Waals surface area contributed by atoms with Crippen LogP contribution in [0.2, 0.25) is 0 Å². The van der Waals surface area contributed by atoms with E-state index in [1.165, 1.54) is 0 Å². The van der Waals surface area contributed by atoms with Crippen molar-refractivity contribution in [1.82, 2.24) is 0 Å². The lowest BCUT2D eigenvalue weighted by atomic mass is 10.2. The molecule has 0 rings (SSSR count). The summed E-state index contributed by atoms with van der Waals surface area (Å²) in [7, 11) is 0. The molecule has 0 aromatic rings. The van der Waals surface area contributed by atoms with Gasteiger partial charge in [-0.2, -0.15) is 4.39 Å². The minimum atomic E-state index is -3.08. The van der Waals surface area contributed by atoms with Crippen molar-refractivity contribution >= 4 is 17.6 Å². The average molecular weight is 187 g/mol. The quantitative estimate of drug-likeness (QED) is 0.488. The van der Waals surface area contributed by atoms with Crippen LogP contribution in [-0.4, -0.2) is 17.0 Å². The lowest BCUT2D eigenvalue weighted by Crippen LogP contribution is -2.41. The molecule has 0 aliphatic rings. The van der Waals surface area contributed by atoms with Gasteiger partial charge in [-0.1, -0.05) is 0 Å². The molecule has 2 nitrogen and oxygen atoms in total. The summed E-state index contributed by atoms with van der Waals surface area (Å²) in [5.41, 5.74) is -2.42. The lowest BCUT2D eigenvalue weighted by molar-refractivity contribution is -0.183. The number of ether oxygens (including phenoxy) is 1. The van der Waals surface area contributed by atoms with Crippen LogP contribution in [0.3, 0.4) is 0 Å².